The van der Waals surface area contributed by atoms with Crippen molar-refractivity contribution in [3.63, 3.8) is 0 Å². The number of carbonyl (C=O) groups excluding carboxylic acids is 1. The van der Waals surface area contributed by atoms with Gasteiger partial charge in [0.2, 0.25) is 15.9 Å². The van der Waals surface area contributed by atoms with Gasteiger partial charge in [0.15, 0.2) is 0 Å². The molecule has 0 aliphatic carbocycles. The molecule has 2 rings (SSSR count). The first-order valence-electron chi connectivity index (χ1n) is 7.96. The zero-order chi connectivity index (χ0) is 19.3. The number of nitrogens with one attached hydrogen (secondary N) is 2. The van der Waals surface area contributed by atoms with E-state index in [4.69, 9.17) is 4.74 Å². The van der Waals surface area contributed by atoms with E-state index in [0.29, 0.717) is 5.75 Å². The van der Waals surface area contributed by atoms with Gasteiger partial charge < -0.3 is 10.1 Å². The Kier molecular flexibility index (Phi) is 6.33. The molecule has 8 heteroatoms. The standard InChI is InChI=1S/C18H21FN2O4S/c1-12(2)17(18(22)20-14-6-4-5-13(19)11-14)21-26(23,24)16-9-7-15(25-3)8-10-16/h4-12,17,21H,1-3H3,(H,20,22). The Labute approximate surface area is 152 Å². The second-order valence-electron chi connectivity index (χ2n) is 6.02. The Balaban J connectivity index is 2.19. The van der Waals surface area contributed by atoms with Gasteiger partial charge in [0.05, 0.1) is 12.0 Å². The average molecular weight is 380 g/mol. The number of sulfonamides is 1. The summed E-state index contributed by atoms with van der Waals surface area (Å²) in [5.41, 5.74) is 0.254. The molecule has 1 atom stereocenters. The summed E-state index contributed by atoms with van der Waals surface area (Å²) in [6.07, 6.45) is 0. The molecule has 2 N–H and O–H groups in total. The van der Waals surface area contributed by atoms with E-state index in [1.165, 1.54) is 49.6 Å². The van der Waals surface area contributed by atoms with E-state index in [1.807, 2.05) is 0 Å². The summed E-state index contributed by atoms with van der Waals surface area (Å²) in [4.78, 5) is 12.5. The van der Waals surface area contributed by atoms with Crippen molar-refractivity contribution < 1.29 is 22.3 Å². The third-order valence-corrected chi connectivity index (χ3v) is 5.15. The Morgan fingerprint density at radius 3 is 2.31 bits per heavy atom. The van der Waals surface area contributed by atoms with Crippen LogP contribution in [0.5, 0.6) is 5.75 Å². The third kappa shape index (κ3) is 5.03. The zero-order valence-corrected chi connectivity index (χ0v) is 15.5. The first kappa shape index (κ1) is 19.9. The topological polar surface area (TPSA) is 84.5 Å². The van der Waals surface area contributed by atoms with Crippen molar-refractivity contribution in [2.75, 3.05) is 12.4 Å². The van der Waals surface area contributed by atoms with Crippen LogP contribution in [0.3, 0.4) is 0 Å². The van der Waals surface area contributed by atoms with Crippen LogP contribution in [0.4, 0.5) is 10.1 Å². The molecule has 0 saturated carbocycles. The van der Waals surface area contributed by atoms with Crippen molar-refractivity contribution in [3.8, 4) is 5.75 Å². The molecular weight excluding hydrogens is 359 g/mol. The lowest BCUT2D eigenvalue weighted by Crippen LogP contribution is -2.47. The van der Waals surface area contributed by atoms with Crippen LogP contribution in [-0.2, 0) is 14.8 Å². The minimum atomic E-state index is -3.92. The molecule has 6 nitrogen and oxygen atoms in total. The van der Waals surface area contributed by atoms with E-state index in [2.05, 4.69) is 10.0 Å². The molecule has 2 aromatic rings. The molecule has 0 radical (unpaired) electrons. The van der Waals surface area contributed by atoms with Crippen molar-refractivity contribution in [2.24, 2.45) is 5.92 Å². The van der Waals surface area contributed by atoms with Gasteiger partial charge in [0.25, 0.3) is 0 Å². The fraction of sp³-hybridized carbons (Fsp3) is 0.278. The smallest absolute Gasteiger partial charge is 0.242 e. The number of rotatable bonds is 7. The Morgan fingerprint density at radius 2 is 1.77 bits per heavy atom. The predicted molar refractivity (Wildman–Crippen MR) is 97.0 cm³/mol. The second-order valence-corrected chi connectivity index (χ2v) is 7.73. The van der Waals surface area contributed by atoms with Crippen molar-refractivity contribution in [3.05, 3.63) is 54.3 Å². The average Bonchev–Trinajstić information content (AvgIpc) is 2.59. The lowest BCUT2D eigenvalue weighted by molar-refractivity contribution is -0.118. The van der Waals surface area contributed by atoms with Gasteiger partial charge in [-0.25, -0.2) is 12.8 Å². The SMILES string of the molecule is COc1ccc(S(=O)(=O)NC(C(=O)Nc2cccc(F)c2)C(C)C)cc1. The Hall–Kier alpha value is -2.45. The van der Waals surface area contributed by atoms with Gasteiger partial charge in [-0.1, -0.05) is 19.9 Å². The highest BCUT2D eigenvalue weighted by molar-refractivity contribution is 7.89. The van der Waals surface area contributed by atoms with Crippen molar-refractivity contribution >= 4 is 21.6 Å². The monoisotopic (exact) mass is 380 g/mol. The quantitative estimate of drug-likeness (QED) is 0.774. The molecule has 0 aromatic heterocycles. The molecule has 0 aliphatic rings. The van der Waals surface area contributed by atoms with Crippen LogP contribution in [0.15, 0.2) is 53.4 Å². The highest BCUT2D eigenvalue weighted by Crippen LogP contribution is 2.18. The van der Waals surface area contributed by atoms with E-state index < -0.39 is 27.8 Å². The van der Waals surface area contributed by atoms with Crippen molar-refractivity contribution in [2.45, 2.75) is 24.8 Å². The number of anilines is 1. The molecule has 0 saturated heterocycles. The highest BCUT2D eigenvalue weighted by atomic mass is 32.2. The van der Waals surface area contributed by atoms with E-state index in [9.17, 15) is 17.6 Å². The van der Waals surface area contributed by atoms with Crippen LogP contribution < -0.4 is 14.8 Å². The maximum absolute atomic E-state index is 13.3. The van der Waals surface area contributed by atoms with Crippen molar-refractivity contribution in [1.82, 2.24) is 4.72 Å². The van der Waals surface area contributed by atoms with Crippen LogP contribution in [0.2, 0.25) is 0 Å². The molecule has 0 heterocycles. The number of ether oxygens (including phenoxy) is 1. The van der Waals surface area contributed by atoms with Gasteiger partial charge in [-0.3, -0.25) is 4.79 Å². The van der Waals surface area contributed by atoms with Gasteiger partial charge in [-0.2, -0.15) is 4.72 Å². The summed E-state index contributed by atoms with van der Waals surface area (Å²) < 4.78 is 45.8. The largest absolute Gasteiger partial charge is 0.497 e. The van der Waals surface area contributed by atoms with E-state index in [-0.39, 0.29) is 16.5 Å². The number of methoxy groups -OCH3 is 1. The van der Waals surface area contributed by atoms with Gasteiger partial charge in [0.1, 0.15) is 17.6 Å². The second kappa shape index (κ2) is 8.29. The number of hydrogen-bond acceptors (Lipinski definition) is 4. The minimum absolute atomic E-state index is 0.0162. The maximum Gasteiger partial charge on any atom is 0.242 e. The van der Waals surface area contributed by atoms with E-state index >= 15 is 0 Å². The Bertz CT molecular complexity index is 867. The van der Waals surface area contributed by atoms with Gasteiger partial charge in [-0.15, -0.1) is 0 Å². The van der Waals surface area contributed by atoms with Gasteiger partial charge in [0, 0.05) is 5.69 Å². The van der Waals surface area contributed by atoms with Crippen LogP contribution >= 0.6 is 0 Å². The molecule has 0 bridgehead atoms. The first-order valence-corrected chi connectivity index (χ1v) is 9.44. The number of carbonyl (C=O) groups is 1. The van der Waals surface area contributed by atoms with E-state index in [1.54, 1.807) is 13.8 Å². The summed E-state index contributed by atoms with van der Waals surface area (Å²) in [6.45, 7) is 3.43. The maximum atomic E-state index is 13.3. The molecule has 1 unspecified atom stereocenters. The summed E-state index contributed by atoms with van der Waals surface area (Å²) in [5, 5.41) is 2.53. The molecule has 140 valence electrons. The number of benzene rings is 2. The normalized spacial score (nSPS) is 12.7. The van der Waals surface area contributed by atoms with Crippen LogP contribution in [0.25, 0.3) is 0 Å². The van der Waals surface area contributed by atoms with Crippen LogP contribution in [-0.4, -0.2) is 27.5 Å². The van der Waals surface area contributed by atoms with E-state index in [0.717, 1.165) is 6.07 Å². The highest BCUT2D eigenvalue weighted by Gasteiger charge is 2.28. The lowest BCUT2D eigenvalue weighted by Gasteiger charge is -2.21. The number of halogens is 1. The zero-order valence-electron chi connectivity index (χ0n) is 14.7. The first-order chi connectivity index (χ1) is 12.2. The summed E-state index contributed by atoms with van der Waals surface area (Å²) in [5.74, 6) is -0.866. The molecule has 0 spiro atoms. The van der Waals surface area contributed by atoms with Crippen LogP contribution in [0.1, 0.15) is 13.8 Å². The fourth-order valence-electron chi connectivity index (χ4n) is 2.27. The van der Waals surface area contributed by atoms with Crippen molar-refractivity contribution in [1.29, 1.82) is 0 Å². The number of hydrogen-bond donors (Lipinski definition) is 2. The van der Waals surface area contributed by atoms with Crippen LogP contribution in [0, 0.1) is 11.7 Å². The van der Waals surface area contributed by atoms with Gasteiger partial charge in [-0.05, 0) is 48.4 Å². The summed E-state index contributed by atoms with van der Waals surface area (Å²) in [6, 6.07) is 10.2. The fourth-order valence-corrected chi connectivity index (χ4v) is 3.61. The lowest BCUT2D eigenvalue weighted by atomic mass is 10.0. The number of amides is 1. The molecule has 2 aromatic carbocycles. The molecule has 26 heavy (non-hydrogen) atoms. The summed E-state index contributed by atoms with van der Waals surface area (Å²) in [7, 11) is -2.44. The molecule has 0 aliphatic heterocycles. The molecule has 0 fully saturated rings. The minimum Gasteiger partial charge on any atom is -0.497 e. The molecular formula is C18H21FN2O4S. The third-order valence-electron chi connectivity index (χ3n) is 3.69. The Morgan fingerprint density at radius 1 is 1.12 bits per heavy atom. The molecule has 1 amide bonds. The van der Waals surface area contributed by atoms with Gasteiger partial charge >= 0.3 is 0 Å². The summed E-state index contributed by atoms with van der Waals surface area (Å²) >= 11 is 0. The predicted octanol–water partition coefficient (Wildman–Crippen LogP) is 2.78.